The Kier molecular flexibility index (Phi) is 4.24. The van der Waals surface area contributed by atoms with Crippen molar-refractivity contribution in [2.75, 3.05) is 7.11 Å². The smallest absolute Gasteiger partial charge is 0.152 e. The van der Waals surface area contributed by atoms with Gasteiger partial charge in [0.05, 0.1) is 28.5 Å². The van der Waals surface area contributed by atoms with Crippen molar-refractivity contribution < 1.29 is 9.84 Å². The standard InChI is InChI=1S/C13H10Cl2N2O2/c1-19-10-4-2-8(3-5-10)16-17-9-6-11(14)13(18)12(15)7-9/h2-7,18H,1H3. The molecule has 19 heavy (non-hydrogen) atoms. The van der Waals surface area contributed by atoms with Gasteiger partial charge in [-0.1, -0.05) is 23.2 Å². The first-order valence-electron chi connectivity index (χ1n) is 5.34. The van der Waals surface area contributed by atoms with E-state index in [2.05, 4.69) is 10.2 Å². The molecule has 2 rings (SSSR count). The monoisotopic (exact) mass is 296 g/mol. The molecule has 2 aromatic carbocycles. The van der Waals surface area contributed by atoms with E-state index in [0.29, 0.717) is 11.4 Å². The van der Waals surface area contributed by atoms with Crippen LogP contribution in [0.4, 0.5) is 11.4 Å². The fourth-order valence-electron chi connectivity index (χ4n) is 1.37. The number of hydrogen-bond acceptors (Lipinski definition) is 4. The maximum absolute atomic E-state index is 9.42. The van der Waals surface area contributed by atoms with Crippen molar-refractivity contribution in [3.63, 3.8) is 0 Å². The molecule has 0 spiro atoms. The van der Waals surface area contributed by atoms with E-state index in [1.165, 1.54) is 12.1 Å². The van der Waals surface area contributed by atoms with Gasteiger partial charge in [0, 0.05) is 0 Å². The minimum absolute atomic E-state index is 0.135. The minimum Gasteiger partial charge on any atom is -0.505 e. The van der Waals surface area contributed by atoms with Gasteiger partial charge in [-0.25, -0.2) is 0 Å². The number of hydrogen-bond donors (Lipinski definition) is 1. The normalized spacial score (nSPS) is 10.9. The lowest BCUT2D eigenvalue weighted by Crippen LogP contribution is -1.79. The average molecular weight is 297 g/mol. The van der Waals surface area contributed by atoms with Gasteiger partial charge in [-0.15, -0.1) is 0 Å². The van der Waals surface area contributed by atoms with E-state index in [0.717, 1.165) is 5.75 Å². The van der Waals surface area contributed by atoms with E-state index in [1.54, 1.807) is 31.4 Å². The van der Waals surface area contributed by atoms with Crippen LogP contribution in [0.1, 0.15) is 0 Å². The topological polar surface area (TPSA) is 54.2 Å². The third-order valence-corrected chi connectivity index (χ3v) is 2.93. The van der Waals surface area contributed by atoms with Crippen LogP contribution in [0.15, 0.2) is 46.6 Å². The van der Waals surface area contributed by atoms with Crippen LogP contribution in [-0.2, 0) is 0 Å². The number of azo groups is 1. The Hall–Kier alpha value is -1.78. The molecule has 4 nitrogen and oxygen atoms in total. The van der Waals surface area contributed by atoms with E-state index >= 15 is 0 Å². The molecule has 0 bridgehead atoms. The van der Waals surface area contributed by atoms with Gasteiger partial charge in [0.25, 0.3) is 0 Å². The summed E-state index contributed by atoms with van der Waals surface area (Å²) in [7, 11) is 1.59. The molecular weight excluding hydrogens is 287 g/mol. The summed E-state index contributed by atoms with van der Waals surface area (Å²) >= 11 is 11.6. The van der Waals surface area contributed by atoms with Crippen molar-refractivity contribution in [3.8, 4) is 11.5 Å². The molecular formula is C13H10Cl2N2O2. The third kappa shape index (κ3) is 3.36. The summed E-state index contributed by atoms with van der Waals surface area (Å²) in [5.74, 6) is 0.585. The summed E-state index contributed by atoms with van der Waals surface area (Å²) in [6, 6.07) is 10.1. The van der Waals surface area contributed by atoms with Crippen LogP contribution in [0.5, 0.6) is 11.5 Å². The second kappa shape index (κ2) is 5.91. The highest BCUT2D eigenvalue weighted by molar-refractivity contribution is 6.37. The summed E-state index contributed by atoms with van der Waals surface area (Å²) in [5.41, 5.74) is 1.13. The van der Waals surface area contributed by atoms with Crippen LogP contribution in [0.2, 0.25) is 10.0 Å². The summed E-state index contributed by atoms with van der Waals surface area (Å²) in [6.07, 6.45) is 0. The van der Waals surface area contributed by atoms with Crippen molar-refractivity contribution >= 4 is 34.6 Å². The van der Waals surface area contributed by atoms with Crippen LogP contribution in [-0.4, -0.2) is 12.2 Å². The molecule has 0 saturated carbocycles. The molecule has 0 aromatic heterocycles. The van der Waals surface area contributed by atoms with Gasteiger partial charge >= 0.3 is 0 Å². The fraction of sp³-hybridized carbons (Fsp3) is 0.0769. The molecule has 98 valence electrons. The lowest BCUT2D eigenvalue weighted by molar-refractivity contribution is 0.415. The number of phenols is 1. The van der Waals surface area contributed by atoms with Crippen LogP contribution in [0.3, 0.4) is 0 Å². The van der Waals surface area contributed by atoms with Gasteiger partial charge in [0.2, 0.25) is 0 Å². The van der Waals surface area contributed by atoms with Gasteiger partial charge in [0.1, 0.15) is 5.75 Å². The number of aromatic hydroxyl groups is 1. The predicted molar refractivity (Wildman–Crippen MR) is 75.3 cm³/mol. The van der Waals surface area contributed by atoms with E-state index < -0.39 is 0 Å². The van der Waals surface area contributed by atoms with Gasteiger partial charge in [-0.2, -0.15) is 10.2 Å². The molecule has 0 aliphatic rings. The molecule has 0 atom stereocenters. The summed E-state index contributed by atoms with van der Waals surface area (Å²) < 4.78 is 5.04. The Bertz CT molecular complexity index is 590. The zero-order chi connectivity index (χ0) is 13.8. The second-order valence-electron chi connectivity index (χ2n) is 3.66. The number of benzene rings is 2. The van der Waals surface area contributed by atoms with Gasteiger partial charge in [0.15, 0.2) is 5.75 Å². The molecule has 0 unspecified atom stereocenters. The Morgan fingerprint density at radius 3 is 2.00 bits per heavy atom. The first kappa shape index (κ1) is 13.6. The van der Waals surface area contributed by atoms with Crippen LogP contribution in [0.25, 0.3) is 0 Å². The average Bonchev–Trinajstić information content (AvgIpc) is 2.43. The van der Waals surface area contributed by atoms with E-state index in [-0.39, 0.29) is 15.8 Å². The molecule has 6 heteroatoms. The molecule has 0 radical (unpaired) electrons. The van der Waals surface area contributed by atoms with E-state index in [1.807, 2.05) is 0 Å². The molecule has 0 aliphatic carbocycles. The molecule has 2 aromatic rings. The number of rotatable bonds is 3. The van der Waals surface area contributed by atoms with Crippen LogP contribution in [0, 0.1) is 0 Å². The highest BCUT2D eigenvalue weighted by Crippen LogP contribution is 2.36. The zero-order valence-electron chi connectivity index (χ0n) is 9.97. The lowest BCUT2D eigenvalue weighted by atomic mass is 10.3. The maximum atomic E-state index is 9.42. The molecule has 0 amide bonds. The highest BCUT2D eigenvalue weighted by Gasteiger charge is 2.06. The Labute approximate surface area is 120 Å². The van der Waals surface area contributed by atoms with Crippen molar-refractivity contribution in [2.45, 2.75) is 0 Å². The molecule has 0 aliphatic heterocycles. The van der Waals surface area contributed by atoms with Gasteiger partial charge < -0.3 is 9.84 Å². The van der Waals surface area contributed by atoms with E-state index in [4.69, 9.17) is 27.9 Å². The predicted octanol–water partition coefficient (Wildman–Crippen LogP) is 5.12. The van der Waals surface area contributed by atoms with Gasteiger partial charge in [-0.3, -0.25) is 0 Å². The van der Waals surface area contributed by atoms with Crippen LogP contribution < -0.4 is 4.74 Å². The number of halogens is 2. The summed E-state index contributed by atoms with van der Waals surface area (Å²) in [5, 5.41) is 17.7. The summed E-state index contributed by atoms with van der Waals surface area (Å²) in [4.78, 5) is 0. The highest BCUT2D eigenvalue weighted by atomic mass is 35.5. The SMILES string of the molecule is COc1ccc(N=Nc2cc(Cl)c(O)c(Cl)c2)cc1. The number of ether oxygens (including phenoxy) is 1. The number of methoxy groups -OCH3 is 1. The number of phenolic OH excluding ortho intramolecular Hbond substituents is 1. The van der Waals surface area contributed by atoms with E-state index in [9.17, 15) is 5.11 Å². The summed E-state index contributed by atoms with van der Waals surface area (Å²) in [6.45, 7) is 0. The minimum atomic E-state index is -0.160. The Balaban J connectivity index is 2.22. The quantitative estimate of drug-likeness (QED) is 0.799. The third-order valence-electron chi connectivity index (χ3n) is 2.36. The Morgan fingerprint density at radius 2 is 1.47 bits per heavy atom. The molecule has 1 N–H and O–H groups in total. The van der Waals surface area contributed by atoms with Crippen molar-refractivity contribution in [1.29, 1.82) is 0 Å². The van der Waals surface area contributed by atoms with Crippen molar-refractivity contribution in [1.82, 2.24) is 0 Å². The largest absolute Gasteiger partial charge is 0.505 e. The first-order chi connectivity index (χ1) is 9.10. The molecule has 0 fully saturated rings. The molecule has 0 heterocycles. The van der Waals surface area contributed by atoms with Gasteiger partial charge in [-0.05, 0) is 36.4 Å². The van der Waals surface area contributed by atoms with Crippen molar-refractivity contribution in [3.05, 3.63) is 46.4 Å². The first-order valence-corrected chi connectivity index (χ1v) is 6.09. The maximum Gasteiger partial charge on any atom is 0.152 e. The number of nitrogens with zero attached hydrogens (tertiary/aromatic N) is 2. The molecule has 0 saturated heterocycles. The van der Waals surface area contributed by atoms with Crippen molar-refractivity contribution in [2.24, 2.45) is 10.2 Å². The fourth-order valence-corrected chi connectivity index (χ4v) is 1.85. The Morgan fingerprint density at radius 1 is 0.947 bits per heavy atom. The lowest BCUT2D eigenvalue weighted by Gasteiger charge is -2.01. The zero-order valence-corrected chi connectivity index (χ0v) is 11.5. The second-order valence-corrected chi connectivity index (χ2v) is 4.47. The van der Waals surface area contributed by atoms with Crippen LogP contribution >= 0.6 is 23.2 Å².